The highest BCUT2D eigenvalue weighted by atomic mass is 31.2. The Morgan fingerprint density at radius 1 is 0.398 bits per heavy atom. The van der Waals surface area contributed by atoms with Crippen LogP contribution in [0.2, 0.25) is 0 Å². The molecule has 0 radical (unpaired) electrons. The maximum atomic E-state index is 14.0. The van der Waals surface area contributed by atoms with E-state index >= 15 is 0 Å². The Morgan fingerprint density at radius 2 is 0.667 bits per heavy atom. The maximum absolute atomic E-state index is 14.0. The van der Waals surface area contributed by atoms with E-state index in [0.29, 0.717) is 44.9 Å². The lowest BCUT2D eigenvalue weighted by atomic mass is 9.92. The fraction of sp³-hybridized carbons (Fsp3) is 0.917. The van der Waals surface area contributed by atoms with E-state index in [4.69, 9.17) is 51.3 Å². The first-order valence-electron chi connectivity index (χ1n) is 36.1. The zero-order chi connectivity index (χ0) is 75.4. The van der Waals surface area contributed by atoms with Gasteiger partial charge in [-0.1, -0.05) is 79.2 Å². The molecule has 0 bridgehead atoms. The molecule has 6 fully saturated rings. The van der Waals surface area contributed by atoms with Crippen molar-refractivity contribution in [1.29, 1.82) is 0 Å². The quantitative estimate of drug-likeness (QED) is 0.0292. The van der Waals surface area contributed by atoms with Gasteiger partial charge in [0, 0.05) is 102 Å². The monoisotopic (exact) mass is 1610 g/mol. The number of aliphatic hydroxyl groups excluding tert-OH is 10. The number of methoxy groups -OCH3 is 1. The van der Waals surface area contributed by atoms with Crippen LogP contribution < -0.4 is 0 Å². The first-order chi connectivity index (χ1) is 48.5. The van der Waals surface area contributed by atoms with Gasteiger partial charge in [-0.2, -0.15) is 0 Å². The molecule has 0 aromatic carbocycles. The van der Waals surface area contributed by atoms with Crippen LogP contribution in [-0.2, 0) is 89.2 Å². The summed E-state index contributed by atoms with van der Waals surface area (Å²) >= 11 is 0. The van der Waals surface area contributed by atoms with Crippen molar-refractivity contribution in [3.05, 3.63) is 0 Å². The second-order valence-corrected chi connectivity index (χ2v) is 30.1. The summed E-state index contributed by atoms with van der Waals surface area (Å²) in [4.78, 5) is 106. The summed E-state index contributed by atoms with van der Waals surface area (Å²) in [7, 11) is -8.54. The molecule has 6 aliphatic heterocycles. The van der Waals surface area contributed by atoms with E-state index < -0.39 is 183 Å². The molecule has 640 valence electrons. The summed E-state index contributed by atoms with van der Waals surface area (Å²) in [6.07, 6.45) is -12.6. The number of phosphoric acid groups is 2. The SMILES string of the molecule is C.C.C.C.C.C.CC.COC[C@@H]1C[C@@H](OP(=O)(O)OC[C@@H]2C[C@@H](OP(=O)(O)OC[C@@H]3C[C@@H](O)CN3C(=O)CCCCC(=O)CCCO[C@@H]3OC(CO)[C@H](O)[C@H](O)C3C)CN2C(=O)CCCCC(=O)CCCO[C@@H]2OC(CO)[C@H](O)[C@H](O)C2C)CN1C(=O)CCCCC(=O)CCCO[C@@H]1OC(CO)[C@H](O)[C@H](O)C1C. The van der Waals surface area contributed by atoms with Crippen LogP contribution in [0.1, 0.15) is 214 Å². The van der Waals surface area contributed by atoms with Gasteiger partial charge in [0.15, 0.2) is 18.9 Å². The number of amides is 3. The molecule has 3 amide bonds. The van der Waals surface area contributed by atoms with Crippen LogP contribution in [0.5, 0.6) is 0 Å². The molecule has 0 saturated carbocycles. The minimum atomic E-state index is -5.00. The van der Waals surface area contributed by atoms with E-state index in [9.17, 15) is 98.7 Å². The normalized spacial score (nSPS) is 31.3. The van der Waals surface area contributed by atoms with Crippen molar-refractivity contribution >= 4 is 50.7 Å². The summed E-state index contributed by atoms with van der Waals surface area (Å²) in [6.45, 7) is 6.06. The van der Waals surface area contributed by atoms with E-state index in [1.54, 1.807) is 20.8 Å². The maximum Gasteiger partial charge on any atom is 0.472 e. The topological polar surface area (TPSA) is 491 Å². The first-order valence-corrected chi connectivity index (χ1v) is 39.1. The van der Waals surface area contributed by atoms with E-state index in [1.165, 1.54) is 21.8 Å². The molecule has 0 aromatic rings. The lowest BCUT2D eigenvalue weighted by Gasteiger charge is -2.40. The van der Waals surface area contributed by atoms with Gasteiger partial charge in [-0.25, -0.2) is 9.13 Å². The fourth-order valence-corrected chi connectivity index (χ4v) is 15.3. The van der Waals surface area contributed by atoms with E-state index in [-0.39, 0.29) is 210 Å². The van der Waals surface area contributed by atoms with Crippen LogP contribution in [-0.4, -0.2) is 307 Å². The van der Waals surface area contributed by atoms with Crippen molar-refractivity contribution in [3.63, 3.8) is 0 Å². The Labute approximate surface area is 641 Å². The summed E-state index contributed by atoms with van der Waals surface area (Å²) in [5.74, 6) is -3.24. The number of hydrogen-bond donors (Lipinski definition) is 12. The zero-order valence-electron chi connectivity index (χ0n) is 59.8. The van der Waals surface area contributed by atoms with Crippen LogP contribution in [0.4, 0.5) is 0 Å². The molecular weight excluding hydrogens is 1460 g/mol. The second kappa shape index (κ2) is 53.9. The average Bonchev–Trinajstić information content (AvgIpc) is 1.34. The first kappa shape index (κ1) is 107. The van der Waals surface area contributed by atoms with Crippen molar-refractivity contribution in [3.8, 4) is 0 Å². The number of rotatable bonds is 45. The molecule has 0 aromatic heterocycles. The highest BCUT2D eigenvalue weighted by molar-refractivity contribution is 7.47. The summed E-state index contributed by atoms with van der Waals surface area (Å²) in [5.41, 5.74) is 0. The minimum absolute atomic E-state index is 0. The molecule has 6 rings (SSSR count). The lowest BCUT2D eigenvalue weighted by molar-refractivity contribution is -0.282. The van der Waals surface area contributed by atoms with Gasteiger partial charge in [0.25, 0.3) is 0 Å². The van der Waals surface area contributed by atoms with Gasteiger partial charge in [0.2, 0.25) is 17.7 Å². The largest absolute Gasteiger partial charge is 0.472 e. The summed E-state index contributed by atoms with van der Waals surface area (Å²) < 4.78 is 88.7. The molecule has 6 aliphatic rings. The number of phosphoric ester groups is 2. The lowest BCUT2D eigenvalue weighted by Crippen LogP contribution is -2.55. The van der Waals surface area contributed by atoms with Crippen LogP contribution >= 0.6 is 15.6 Å². The predicted octanol–water partition coefficient (Wildman–Crippen LogP) is 4.65. The second-order valence-electron chi connectivity index (χ2n) is 27.3. The van der Waals surface area contributed by atoms with Crippen LogP contribution in [0.15, 0.2) is 0 Å². The number of aliphatic hydroxyl groups is 10. The molecule has 0 spiro atoms. The van der Waals surface area contributed by atoms with E-state index in [2.05, 4.69) is 0 Å². The number of hydrogen-bond acceptors (Lipinski definition) is 29. The van der Waals surface area contributed by atoms with Gasteiger partial charge in [-0.05, 0) is 77.0 Å². The van der Waals surface area contributed by atoms with Gasteiger partial charge in [-0.3, -0.25) is 46.9 Å². The standard InChI is InChI=1S/C64H111N3O31P2.C2H6.6CH4/c1-38-56(78)59(81)50(32-68)94-62(38)89-23-11-17-44(71)14-5-8-20-53(75)65-29-47(74)26-41(65)36-92-99(84,85)98-49-28-43(67(31-49)55(77)22-10-7-16-46(73)19-13-25-91-64-40(3)58(80)61(83)52(34-70)96-64)37-93-100(86,87)97-48-27-42(35-88-4)66(30-48)54(76)21-9-6-15-45(72)18-12-24-90-63-39(2)57(79)60(82)51(33-69)95-63;1-2;;;;;;/h38-43,47-52,56-64,68-70,74,78-83H,5-37H2,1-4H3,(H,84,85)(H,86,87);1-2H3;6*1H4/t38?,39?,40?,41-,42-,43-,47+,48+,49+,50?,51?,52?,56+,57+,58+,59-,60-,61-,62+,63+,64+;;;;;;;/m0......./s1. The summed E-state index contributed by atoms with van der Waals surface area (Å²) in [6, 6.07) is -2.43. The third-order valence-corrected chi connectivity index (χ3v) is 21.5. The molecule has 0 aliphatic carbocycles. The van der Waals surface area contributed by atoms with Gasteiger partial charge in [0.1, 0.15) is 54.0 Å². The van der Waals surface area contributed by atoms with Crippen molar-refractivity contribution in [1.82, 2.24) is 14.7 Å². The van der Waals surface area contributed by atoms with Crippen LogP contribution in [0.3, 0.4) is 0 Å². The third-order valence-electron chi connectivity index (χ3n) is 19.4. The van der Waals surface area contributed by atoms with Crippen molar-refractivity contribution < 1.29 is 150 Å². The van der Waals surface area contributed by atoms with Gasteiger partial charge >= 0.3 is 15.6 Å². The number of carbonyl (C=O) groups excluding carboxylic acids is 6. The summed E-state index contributed by atoms with van der Waals surface area (Å²) in [5, 5.41) is 100. The average molecular weight is 1610 g/mol. The molecule has 6 saturated heterocycles. The number of ketones is 3. The van der Waals surface area contributed by atoms with Crippen LogP contribution in [0, 0.1) is 17.8 Å². The van der Waals surface area contributed by atoms with Gasteiger partial charge in [0.05, 0.1) is 114 Å². The number of Topliss-reactive ketones (excluding diaryl/α,β-unsaturated/α-hetero) is 3. The molecule has 108 heavy (non-hydrogen) atoms. The Balaban J connectivity index is 0. The van der Waals surface area contributed by atoms with Crippen LogP contribution in [0.25, 0.3) is 0 Å². The van der Waals surface area contributed by atoms with Gasteiger partial charge < -0.3 is 109 Å². The predicted molar refractivity (Wildman–Crippen MR) is 398 cm³/mol. The highest BCUT2D eigenvalue weighted by Crippen LogP contribution is 2.50. The Hall–Kier alpha value is -3.04. The number of nitrogens with zero attached hydrogens (tertiary/aromatic N) is 3. The minimum Gasteiger partial charge on any atom is -0.394 e. The van der Waals surface area contributed by atoms with E-state index in [1.807, 2.05) is 13.8 Å². The number of β-amino-alcohol motifs (C(OH)–C–C–N with tert-alkyl or cyclic N) is 1. The third kappa shape index (κ3) is 33.8. The molecule has 23 atom stereocenters. The van der Waals surface area contributed by atoms with E-state index in [0.717, 1.165) is 0 Å². The molecular formula is C72H141N3O31P2. The number of carbonyl (C=O) groups is 6. The van der Waals surface area contributed by atoms with Gasteiger partial charge in [-0.15, -0.1) is 0 Å². The highest BCUT2D eigenvalue weighted by Gasteiger charge is 2.48. The van der Waals surface area contributed by atoms with Crippen molar-refractivity contribution in [2.75, 3.05) is 86.2 Å². The zero-order valence-corrected chi connectivity index (χ0v) is 61.6. The Morgan fingerprint density at radius 3 is 0.963 bits per heavy atom. The number of unbranched alkanes of at least 4 members (excludes halogenated alkanes) is 3. The Kier molecular flexibility index (Phi) is 53.4. The molecule has 36 heteroatoms. The molecule has 6 heterocycles. The van der Waals surface area contributed by atoms with Crippen molar-refractivity contribution in [2.24, 2.45) is 17.8 Å². The van der Waals surface area contributed by atoms with Crippen molar-refractivity contribution in [2.45, 2.75) is 324 Å². The molecule has 34 nitrogen and oxygen atoms in total. The molecule has 12 N–H and O–H groups in total. The number of likely N-dealkylation sites (tertiary alicyclic amines) is 3. The smallest absolute Gasteiger partial charge is 0.394 e. The number of ether oxygens (including phenoxy) is 7. The Bertz CT molecular complexity index is 2640. The fourth-order valence-electron chi connectivity index (χ4n) is 13.4. The molecule has 8 unspecified atom stereocenters.